The third kappa shape index (κ3) is 6.05. The van der Waals surface area contributed by atoms with Crippen molar-refractivity contribution in [2.45, 2.75) is 32.0 Å². The molecule has 0 saturated carbocycles. The maximum Gasteiger partial charge on any atom is 0.416 e. The van der Waals surface area contributed by atoms with E-state index in [-0.39, 0.29) is 18.4 Å². The number of rotatable bonds is 7. The van der Waals surface area contributed by atoms with Gasteiger partial charge in [-0.25, -0.2) is 4.98 Å². The van der Waals surface area contributed by atoms with E-state index in [0.717, 1.165) is 48.0 Å². The predicted molar refractivity (Wildman–Crippen MR) is 124 cm³/mol. The molecule has 1 aliphatic heterocycles. The highest BCUT2D eigenvalue weighted by molar-refractivity contribution is 7.09. The number of hydrogen-bond donors (Lipinski definition) is 1. The van der Waals surface area contributed by atoms with Gasteiger partial charge in [0.1, 0.15) is 11.6 Å². The number of methoxy groups -OCH3 is 1. The van der Waals surface area contributed by atoms with Crippen LogP contribution in [-0.2, 0) is 23.9 Å². The van der Waals surface area contributed by atoms with Crippen LogP contribution in [0.25, 0.3) is 0 Å². The molecule has 0 spiro atoms. The van der Waals surface area contributed by atoms with Crippen molar-refractivity contribution < 1.29 is 22.7 Å². The Hall–Kier alpha value is -3.14. The van der Waals surface area contributed by atoms with Gasteiger partial charge in [-0.2, -0.15) is 17.5 Å². The fourth-order valence-corrected chi connectivity index (χ4v) is 4.69. The Balaban J connectivity index is 1.34. The lowest BCUT2D eigenvalue weighted by molar-refractivity contribution is -0.137. The molecule has 34 heavy (non-hydrogen) atoms. The number of nitrogens with zero attached hydrogens (tertiary/aromatic N) is 3. The minimum Gasteiger partial charge on any atom is -0.497 e. The summed E-state index contributed by atoms with van der Waals surface area (Å²) in [4.78, 5) is 19.5. The third-order valence-corrected chi connectivity index (χ3v) is 6.55. The van der Waals surface area contributed by atoms with Gasteiger partial charge < -0.3 is 15.0 Å². The van der Waals surface area contributed by atoms with Gasteiger partial charge in [-0.3, -0.25) is 4.79 Å². The SMILES string of the molecule is COc1cccc(Cc2nsc(N3CCCC(C(=O)NCc4cccc(C(F)(F)F)c4)C3)n2)c1. The first-order valence-corrected chi connectivity index (χ1v) is 11.7. The summed E-state index contributed by atoms with van der Waals surface area (Å²) in [5.41, 5.74) is 0.750. The van der Waals surface area contributed by atoms with Crippen molar-refractivity contribution in [3.05, 3.63) is 71.0 Å². The molecule has 180 valence electrons. The van der Waals surface area contributed by atoms with Crippen molar-refractivity contribution in [1.82, 2.24) is 14.7 Å². The largest absolute Gasteiger partial charge is 0.497 e. The van der Waals surface area contributed by atoms with E-state index in [9.17, 15) is 18.0 Å². The molecular formula is C24H25F3N4O2S. The molecule has 1 aromatic heterocycles. The summed E-state index contributed by atoms with van der Waals surface area (Å²) in [5.74, 6) is 1.07. The number of piperidine rings is 1. The molecule has 1 atom stereocenters. The number of benzene rings is 2. The normalized spacial score (nSPS) is 16.4. The fraction of sp³-hybridized carbons (Fsp3) is 0.375. The molecule has 2 heterocycles. The van der Waals surface area contributed by atoms with Crippen LogP contribution in [0.3, 0.4) is 0 Å². The molecule has 4 rings (SSSR count). The van der Waals surface area contributed by atoms with Gasteiger partial charge in [-0.15, -0.1) is 0 Å². The Morgan fingerprint density at radius 2 is 2.00 bits per heavy atom. The molecule has 10 heteroatoms. The van der Waals surface area contributed by atoms with Gasteiger partial charge in [0.25, 0.3) is 0 Å². The highest BCUT2D eigenvalue weighted by atomic mass is 32.1. The number of amides is 1. The van der Waals surface area contributed by atoms with Gasteiger partial charge in [-0.05, 0) is 48.2 Å². The van der Waals surface area contributed by atoms with E-state index in [1.54, 1.807) is 13.2 Å². The van der Waals surface area contributed by atoms with E-state index in [2.05, 4.69) is 19.6 Å². The number of ether oxygens (including phenoxy) is 1. The van der Waals surface area contributed by atoms with Crippen molar-refractivity contribution in [2.24, 2.45) is 5.92 Å². The maximum absolute atomic E-state index is 12.9. The molecule has 1 N–H and O–H groups in total. The van der Waals surface area contributed by atoms with E-state index in [4.69, 9.17) is 4.74 Å². The lowest BCUT2D eigenvalue weighted by Gasteiger charge is -2.31. The summed E-state index contributed by atoms with van der Waals surface area (Å²) in [6.45, 7) is 1.34. The maximum atomic E-state index is 12.9. The molecule has 1 saturated heterocycles. The first kappa shape index (κ1) is 24.0. The minimum absolute atomic E-state index is 0.0583. The summed E-state index contributed by atoms with van der Waals surface area (Å²) in [6, 6.07) is 12.8. The zero-order valence-electron chi connectivity index (χ0n) is 18.6. The summed E-state index contributed by atoms with van der Waals surface area (Å²) >= 11 is 1.31. The van der Waals surface area contributed by atoms with Crippen LogP contribution in [0.5, 0.6) is 5.75 Å². The van der Waals surface area contributed by atoms with Crippen LogP contribution < -0.4 is 15.0 Å². The van der Waals surface area contributed by atoms with Crippen molar-refractivity contribution in [2.75, 3.05) is 25.1 Å². The van der Waals surface area contributed by atoms with E-state index in [1.807, 2.05) is 24.3 Å². The number of aromatic nitrogens is 2. The van der Waals surface area contributed by atoms with Crippen LogP contribution in [-0.4, -0.2) is 35.5 Å². The Labute approximate surface area is 199 Å². The predicted octanol–water partition coefficient (Wildman–Crippen LogP) is 4.69. The number of carbonyl (C=O) groups is 1. The molecule has 1 amide bonds. The van der Waals surface area contributed by atoms with Crippen LogP contribution in [0.1, 0.15) is 35.4 Å². The molecule has 1 aliphatic rings. The molecule has 1 unspecified atom stereocenters. The molecule has 3 aromatic rings. The fourth-order valence-electron chi connectivity index (χ4n) is 3.97. The number of hydrogen-bond acceptors (Lipinski definition) is 6. The van der Waals surface area contributed by atoms with Crippen molar-refractivity contribution >= 4 is 22.6 Å². The molecule has 2 aromatic carbocycles. The number of anilines is 1. The van der Waals surface area contributed by atoms with Gasteiger partial charge in [0, 0.05) is 37.6 Å². The second kappa shape index (κ2) is 10.4. The minimum atomic E-state index is -4.41. The van der Waals surface area contributed by atoms with Crippen molar-refractivity contribution in [3.8, 4) is 5.75 Å². The molecular weight excluding hydrogens is 465 g/mol. The Morgan fingerprint density at radius 3 is 2.79 bits per heavy atom. The lowest BCUT2D eigenvalue weighted by atomic mass is 9.97. The first-order valence-electron chi connectivity index (χ1n) is 11.0. The third-order valence-electron chi connectivity index (χ3n) is 5.74. The topological polar surface area (TPSA) is 67.3 Å². The Morgan fingerprint density at radius 1 is 1.21 bits per heavy atom. The smallest absolute Gasteiger partial charge is 0.416 e. The summed E-state index contributed by atoms with van der Waals surface area (Å²) in [5, 5.41) is 3.56. The van der Waals surface area contributed by atoms with E-state index in [1.165, 1.54) is 17.6 Å². The molecule has 0 radical (unpaired) electrons. The zero-order chi connectivity index (χ0) is 24.1. The van der Waals surface area contributed by atoms with Crippen LogP contribution in [0, 0.1) is 5.92 Å². The number of carbonyl (C=O) groups excluding carboxylic acids is 1. The van der Waals surface area contributed by atoms with Crippen LogP contribution in [0.2, 0.25) is 0 Å². The molecule has 0 aliphatic carbocycles. The summed E-state index contributed by atoms with van der Waals surface area (Å²) < 4.78 is 48.5. The zero-order valence-corrected chi connectivity index (χ0v) is 19.5. The second-order valence-electron chi connectivity index (χ2n) is 8.22. The lowest BCUT2D eigenvalue weighted by Crippen LogP contribution is -2.43. The van der Waals surface area contributed by atoms with Gasteiger partial charge >= 0.3 is 6.18 Å². The molecule has 0 bridgehead atoms. The highest BCUT2D eigenvalue weighted by Gasteiger charge is 2.31. The standard InChI is InChI=1S/C24H25F3N4O2S/c1-33-20-9-3-5-16(12-20)13-21-29-23(34-30-21)31-10-4-7-18(15-31)22(32)28-14-17-6-2-8-19(11-17)24(25,26)27/h2-3,5-6,8-9,11-12,18H,4,7,10,13-15H2,1H3,(H,28,32). The van der Waals surface area contributed by atoms with Gasteiger partial charge in [0.05, 0.1) is 18.6 Å². The van der Waals surface area contributed by atoms with E-state index < -0.39 is 11.7 Å². The number of alkyl halides is 3. The van der Waals surface area contributed by atoms with Crippen LogP contribution >= 0.6 is 11.5 Å². The monoisotopic (exact) mass is 490 g/mol. The highest BCUT2D eigenvalue weighted by Crippen LogP contribution is 2.30. The summed E-state index contributed by atoms with van der Waals surface area (Å²) in [7, 11) is 1.63. The second-order valence-corrected chi connectivity index (χ2v) is 8.95. The van der Waals surface area contributed by atoms with E-state index in [0.29, 0.717) is 24.4 Å². The average molecular weight is 491 g/mol. The van der Waals surface area contributed by atoms with Crippen LogP contribution in [0.4, 0.5) is 18.3 Å². The molecule has 1 fully saturated rings. The Bertz CT molecular complexity index is 1140. The summed E-state index contributed by atoms with van der Waals surface area (Å²) in [6.07, 6.45) is -2.27. The quantitative estimate of drug-likeness (QED) is 0.521. The van der Waals surface area contributed by atoms with Gasteiger partial charge in [0.2, 0.25) is 11.0 Å². The van der Waals surface area contributed by atoms with Crippen molar-refractivity contribution in [3.63, 3.8) is 0 Å². The molecule has 6 nitrogen and oxygen atoms in total. The van der Waals surface area contributed by atoms with Gasteiger partial charge in [-0.1, -0.05) is 24.3 Å². The van der Waals surface area contributed by atoms with Crippen molar-refractivity contribution in [1.29, 1.82) is 0 Å². The van der Waals surface area contributed by atoms with Gasteiger partial charge in [0.15, 0.2) is 0 Å². The number of nitrogens with one attached hydrogen (secondary N) is 1. The first-order chi connectivity index (χ1) is 16.3. The van der Waals surface area contributed by atoms with Crippen LogP contribution in [0.15, 0.2) is 48.5 Å². The average Bonchev–Trinajstić information content (AvgIpc) is 3.31. The Kier molecular flexibility index (Phi) is 7.35. The number of halogens is 3. The van der Waals surface area contributed by atoms with E-state index >= 15 is 0 Å².